The zero-order valence-electron chi connectivity index (χ0n) is 19.2. The van der Waals surface area contributed by atoms with Crippen molar-refractivity contribution in [3.8, 4) is 11.5 Å². The van der Waals surface area contributed by atoms with E-state index < -0.39 is 17.7 Å². The molecule has 3 rings (SSSR count). The van der Waals surface area contributed by atoms with E-state index in [0.29, 0.717) is 30.0 Å². The highest BCUT2D eigenvalue weighted by atomic mass is 16.5. The fraction of sp³-hybridized carbons (Fsp3) is 0.360. The normalized spacial score (nSPS) is 17.8. The number of hydrogen-bond acceptors (Lipinski definition) is 6. The number of amides is 1. The number of aliphatic hydroxyl groups excluding tert-OH is 1. The Morgan fingerprint density at radius 1 is 1.06 bits per heavy atom. The Labute approximate surface area is 188 Å². The predicted octanol–water partition coefficient (Wildman–Crippen LogP) is 3.39. The number of ether oxygens (including phenoxy) is 2. The summed E-state index contributed by atoms with van der Waals surface area (Å²) in [5, 5.41) is 11.2. The van der Waals surface area contributed by atoms with Gasteiger partial charge in [0.25, 0.3) is 11.7 Å². The Kier molecular flexibility index (Phi) is 7.20. The SMILES string of the molecule is COc1ccc(C2/C(=C(\O)c3ccc(OC)c(C)c3)C(=O)C(=O)N2CCCN(C)C)cc1. The molecule has 1 amide bonds. The number of Topliss-reactive ketones (excluding diaryl/α,β-unsaturated/α-hetero) is 1. The number of nitrogens with zero attached hydrogens (tertiary/aromatic N) is 2. The van der Waals surface area contributed by atoms with E-state index in [0.717, 1.165) is 17.7 Å². The van der Waals surface area contributed by atoms with Gasteiger partial charge in [0.1, 0.15) is 17.3 Å². The number of benzene rings is 2. The van der Waals surface area contributed by atoms with Crippen molar-refractivity contribution in [1.82, 2.24) is 9.80 Å². The minimum Gasteiger partial charge on any atom is -0.507 e. The molecular weight excluding hydrogens is 408 g/mol. The number of aliphatic hydroxyl groups is 1. The number of likely N-dealkylation sites (tertiary alicyclic amines) is 1. The van der Waals surface area contributed by atoms with Crippen molar-refractivity contribution < 1.29 is 24.2 Å². The van der Waals surface area contributed by atoms with Gasteiger partial charge in [-0.2, -0.15) is 0 Å². The highest BCUT2D eigenvalue weighted by Gasteiger charge is 2.45. The van der Waals surface area contributed by atoms with Crippen molar-refractivity contribution in [2.75, 3.05) is 41.4 Å². The highest BCUT2D eigenvalue weighted by molar-refractivity contribution is 6.46. The molecule has 1 atom stereocenters. The second-order valence-electron chi connectivity index (χ2n) is 8.11. The van der Waals surface area contributed by atoms with Crippen LogP contribution in [0.1, 0.15) is 29.2 Å². The van der Waals surface area contributed by atoms with E-state index in [1.54, 1.807) is 49.5 Å². The summed E-state index contributed by atoms with van der Waals surface area (Å²) in [5.74, 6) is -0.121. The lowest BCUT2D eigenvalue weighted by atomic mass is 9.94. The third-order valence-electron chi connectivity index (χ3n) is 5.64. The summed E-state index contributed by atoms with van der Waals surface area (Å²) in [4.78, 5) is 29.6. The largest absolute Gasteiger partial charge is 0.507 e. The van der Waals surface area contributed by atoms with Crippen LogP contribution in [0, 0.1) is 6.92 Å². The number of ketones is 1. The predicted molar refractivity (Wildman–Crippen MR) is 123 cm³/mol. The van der Waals surface area contributed by atoms with Gasteiger partial charge in [-0.3, -0.25) is 9.59 Å². The fourth-order valence-corrected chi connectivity index (χ4v) is 3.98. The van der Waals surface area contributed by atoms with Gasteiger partial charge in [0, 0.05) is 12.1 Å². The molecule has 2 aromatic rings. The minimum atomic E-state index is -0.679. The summed E-state index contributed by atoms with van der Waals surface area (Å²) >= 11 is 0. The molecule has 2 aromatic carbocycles. The van der Waals surface area contributed by atoms with Gasteiger partial charge in [0.15, 0.2) is 0 Å². The third-order valence-corrected chi connectivity index (χ3v) is 5.64. The Morgan fingerprint density at radius 3 is 2.31 bits per heavy atom. The lowest BCUT2D eigenvalue weighted by Crippen LogP contribution is -2.32. The molecule has 32 heavy (non-hydrogen) atoms. The summed E-state index contributed by atoms with van der Waals surface area (Å²) < 4.78 is 10.5. The van der Waals surface area contributed by atoms with Gasteiger partial charge in [-0.05, 0) is 75.4 Å². The molecule has 1 aliphatic heterocycles. The molecule has 1 saturated heterocycles. The van der Waals surface area contributed by atoms with E-state index in [1.807, 2.05) is 38.1 Å². The zero-order chi connectivity index (χ0) is 23.4. The Bertz CT molecular complexity index is 1030. The van der Waals surface area contributed by atoms with E-state index >= 15 is 0 Å². The average Bonchev–Trinajstić information content (AvgIpc) is 3.03. The lowest BCUT2D eigenvalue weighted by molar-refractivity contribution is -0.139. The maximum absolute atomic E-state index is 13.1. The summed E-state index contributed by atoms with van der Waals surface area (Å²) in [6, 6.07) is 11.7. The standard InChI is InChI=1S/C25H30N2O5/c1-16-15-18(9-12-20(16)32-5)23(28)21-22(17-7-10-19(31-4)11-8-17)27(25(30)24(21)29)14-6-13-26(2)3/h7-12,15,22,28H,6,13-14H2,1-5H3/b23-21+. The van der Waals surface area contributed by atoms with Crippen molar-refractivity contribution in [1.29, 1.82) is 0 Å². The smallest absolute Gasteiger partial charge is 0.295 e. The third kappa shape index (κ3) is 4.62. The first-order valence-corrected chi connectivity index (χ1v) is 10.5. The number of carbonyl (C=O) groups excluding carboxylic acids is 2. The second-order valence-corrected chi connectivity index (χ2v) is 8.11. The quantitative estimate of drug-likeness (QED) is 0.387. The molecule has 7 nitrogen and oxygen atoms in total. The Hall–Kier alpha value is -3.32. The molecule has 0 aliphatic carbocycles. The van der Waals surface area contributed by atoms with Gasteiger partial charge >= 0.3 is 0 Å². The maximum Gasteiger partial charge on any atom is 0.295 e. The first-order chi connectivity index (χ1) is 15.3. The van der Waals surface area contributed by atoms with E-state index in [4.69, 9.17) is 9.47 Å². The van der Waals surface area contributed by atoms with Crippen LogP contribution in [0.4, 0.5) is 0 Å². The highest BCUT2D eigenvalue weighted by Crippen LogP contribution is 2.40. The number of rotatable bonds is 8. The number of methoxy groups -OCH3 is 2. The molecule has 1 heterocycles. The molecule has 170 valence electrons. The van der Waals surface area contributed by atoms with Crippen molar-refractivity contribution >= 4 is 17.4 Å². The summed E-state index contributed by atoms with van der Waals surface area (Å²) in [6.45, 7) is 3.03. The van der Waals surface area contributed by atoms with Crippen LogP contribution in [0.25, 0.3) is 5.76 Å². The van der Waals surface area contributed by atoms with E-state index in [2.05, 4.69) is 0 Å². The Balaban J connectivity index is 2.10. The summed E-state index contributed by atoms with van der Waals surface area (Å²) in [7, 11) is 7.07. The van der Waals surface area contributed by atoms with Gasteiger partial charge in [-0.15, -0.1) is 0 Å². The second kappa shape index (κ2) is 9.87. The first-order valence-electron chi connectivity index (χ1n) is 10.5. The van der Waals surface area contributed by atoms with Crippen molar-refractivity contribution in [3.63, 3.8) is 0 Å². The monoisotopic (exact) mass is 438 g/mol. The molecule has 1 N–H and O–H groups in total. The molecule has 1 fully saturated rings. The van der Waals surface area contributed by atoms with Gasteiger partial charge in [-0.1, -0.05) is 12.1 Å². The van der Waals surface area contributed by atoms with Gasteiger partial charge < -0.3 is 24.4 Å². The molecule has 1 unspecified atom stereocenters. The van der Waals surface area contributed by atoms with Crippen molar-refractivity contribution in [3.05, 3.63) is 64.7 Å². The molecule has 0 spiro atoms. The summed E-state index contributed by atoms with van der Waals surface area (Å²) in [5.41, 5.74) is 2.11. The van der Waals surface area contributed by atoms with Crippen LogP contribution in [0.5, 0.6) is 11.5 Å². The molecule has 0 bridgehead atoms. The van der Waals surface area contributed by atoms with Gasteiger partial charge in [0.2, 0.25) is 0 Å². The van der Waals surface area contributed by atoms with Crippen molar-refractivity contribution in [2.24, 2.45) is 0 Å². The molecule has 1 aliphatic rings. The van der Waals surface area contributed by atoms with E-state index in [9.17, 15) is 14.7 Å². The van der Waals surface area contributed by atoms with Crippen LogP contribution >= 0.6 is 0 Å². The molecule has 7 heteroatoms. The topological polar surface area (TPSA) is 79.3 Å². The number of hydrogen-bond donors (Lipinski definition) is 1. The van der Waals surface area contributed by atoms with Crippen LogP contribution in [0.15, 0.2) is 48.0 Å². The van der Waals surface area contributed by atoms with Gasteiger partial charge in [-0.25, -0.2) is 0 Å². The maximum atomic E-state index is 13.1. The Morgan fingerprint density at radius 2 is 1.75 bits per heavy atom. The zero-order valence-corrected chi connectivity index (χ0v) is 19.2. The molecular formula is C25H30N2O5. The number of carbonyl (C=O) groups is 2. The molecule has 0 saturated carbocycles. The lowest BCUT2D eigenvalue weighted by Gasteiger charge is -2.26. The van der Waals surface area contributed by atoms with Crippen LogP contribution in [0.3, 0.4) is 0 Å². The van der Waals surface area contributed by atoms with Crippen LogP contribution in [-0.4, -0.2) is 68.0 Å². The minimum absolute atomic E-state index is 0.0922. The average molecular weight is 439 g/mol. The van der Waals surface area contributed by atoms with Gasteiger partial charge in [0.05, 0.1) is 25.8 Å². The summed E-state index contributed by atoms with van der Waals surface area (Å²) in [6.07, 6.45) is 0.703. The van der Waals surface area contributed by atoms with Crippen LogP contribution < -0.4 is 9.47 Å². The first kappa shape index (κ1) is 23.3. The van der Waals surface area contributed by atoms with Crippen LogP contribution in [-0.2, 0) is 9.59 Å². The molecule has 0 radical (unpaired) electrons. The number of aryl methyl sites for hydroxylation is 1. The van der Waals surface area contributed by atoms with E-state index in [1.165, 1.54) is 0 Å². The fourth-order valence-electron chi connectivity index (χ4n) is 3.98. The van der Waals surface area contributed by atoms with Crippen molar-refractivity contribution in [2.45, 2.75) is 19.4 Å². The molecule has 0 aromatic heterocycles. The van der Waals surface area contributed by atoms with E-state index in [-0.39, 0.29) is 11.3 Å². The van der Waals surface area contributed by atoms with Crippen LogP contribution in [0.2, 0.25) is 0 Å².